The maximum absolute atomic E-state index is 10.4. The molecule has 64 valence electrons. The van der Waals surface area contributed by atoms with Gasteiger partial charge in [-0.15, -0.1) is 0 Å². The first-order valence-corrected chi connectivity index (χ1v) is 3.49. The Bertz CT molecular complexity index is 290. The maximum atomic E-state index is 10.4. The lowest BCUT2D eigenvalue weighted by Crippen LogP contribution is -1.99. The molecule has 0 atom stereocenters. The smallest absolute Gasteiger partial charge is 0.302 e. The minimum Gasteiger partial charge on any atom is -0.461 e. The van der Waals surface area contributed by atoms with E-state index in [9.17, 15) is 9.59 Å². The summed E-state index contributed by atoms with van der Waals surface area (Å²) >= 11 is 0. The van der Waals surface area contributed by atoms with E-state index in [1.165, 1.54) is 6.92 Å². The second kappa shape index (κ2) is 3.71. The average molecular weight is 167 g/mol. The van der Waals surface area contributed by atoms with Gasteiger partial charge in [-0.05, 0) is 6.07 Å². The fraction of sp³-hybridized carbons (Fsp3) is 0.250. The van der Waals surface area contributed by atoms with Gasteiger partial charge in [0.25, 0.3) is 0 Å². The number of hydrogen-bond donors (Lipinski definition) is 1. The first kappa shape index (κ1) is 8.52. The van der Waals surface area contributed by atoms with Crippen molar-refractivity contribution in [2.24, 2.45) is 0 Å². The number of carbonyl (C=O) groups is 2. The van der Waals surface area contributed by atoms with Crippen LogP contribution < -0.4 is 0 Å². The molecule has 0 aliphatic rings. The van der Waals surface area contributed by atoms with Crippen LogP contribution in [0.25, 0.3) is 0 Å². The molecular formula is C8H9NO3. The Morgan fingerprint density at radius 3 is 3.08 bits per heavy atom. The molecule has 1 aromatic heterocycles. The SMILES string of the molecule is CC(=O)OCc1cc[nH]c1C=O. The Kier molecular flexibility index (Phi) is 2.63. The van der Waals surface area contributed by atoms with Gasteiger partial charge >= 0.3 is 5.97 Å². The van der Waals surface area contributed by atoms with E-state index in [0.29, 0.717) is 17.5 Å². The third-order valence-electron chi connectivity index (χ3n) is 1.42. The van der Waals surface area contributed by atoms with Crippen LogP contribution in [-0.2, 0) is 16.1 Å². The molecule has 0 spiro atoms. The lowest BCUT2D eigenvalue weighted by atomic mass is 10.3. The van der Waals surface area contributed by atoms with Crippen LogP contribution in [0.15, 0.2) is 12.3 Å². The summed E-state index contributed by atoms with van der Waals surface area (Å²) in [4.78, 5) is 23.5. The summed E-state index contributed by atoms with van der Waals surface area (Å²) in [5.74, 6) is -0.354. The van der Waals surface area contributed by atoms with Crippen molar-refractivity contribution in [3.63, 3.8) is 0 Å². The average Bonchev–Trinajstić information content (AvgIpc) is 2.47. The van der Waals surface area contributed by atoms with Crippen molar-refractivity contribution in [1.82, 2.24) is 4.98 Å². The fourth-order valence-electron chi connectivity index (χ4n) is 0.829. The summed E-state index contributed by atoms with van der Waals surface area (Å²) < 4.78 is 4.71. The van der Waals surface area contributed by atoms with Crippen molar-refractivity contribution in [2.45, 2.75) is 13.5 Å². The summed E-state index contributed by atoms with van der Waals surface area (Å²) in [5.41, 5.74) is 1.15. The molecule has 0 unspecified atom stereocenters. The van der Waals surface area contributed by atoms with Crippen molar-refractivity contribution in [3.8, 4) is 0 Å². The van der Waals surface area contributed by atoms with Crippen LogP contribution in [0.2, 0.25) is 0 Å². The molecule has 0 saturated carbocycles. The molecule has 0 fully saturated rings. The van der Waals surface area contributed by atoms with E-state index in [1.807, 2.05) is 0 Å². The number of aromatic amines is 1. The number of ether oxygens (including phenoxy) is 1. The summed E-state index contributed by atoms with van der Waals surface area (Å²) in [6.45, 7) is 1.47. The number of carbonyl (C=O) groups excluding carboxylic acids is 2. The number of aldehydes is 1. The predicted octanol–water partition coefficient (Wildman–Crippen LogP) is 0.890. The maximum Gasteiger partial charge on any atom is 0.302 e. The van der Waals surface area contributed by atoms with E-state index >= 15 is 0 Å². The van der Waals surface area contributed by atoms with Crippen LogP contribution in [-0.4, -0.2) is 17.2 Å². The Labute approximate surface area is 69.5 Å². The molecule has 0 aliphatic heterocycles. The predicted molar refractivity (Wildman–Crippen MR) is 41.7 cm³/mol. The van der Waals surface area contributed by atoms with Crippen LogP contribution in [0.4, 0.5) is 0 Å². The highest BCUT2D eigenvalue weighted by Gasteiger charge is 2.03. The highest BCUT2D eigenvalue weighted by molar-refractivity contribution is 5.74. The van der Waals surface area contributed by atoms with Crippen molar-refractivity contribution >= 4 is 12.3 Å². The zero-order chi connectivity index (χ0) is 8.97. The summed E-state index contributed by atoms with van der Waals surface area (Å²) in [7, 11) is 0. The number of esters is 1. The Hall–Kier alpha value is -1.58. The highest BCUT2D eigenvalue weighted by atomic mass is 16.5. The van der Waals surface area contributed by atoms with Gasteiger partial charge in [0.05, 0.1) is 5.69 Å². The normalized spacial score (nSPS) is 9.42. The van der Waals surface area contributed by atoms with Crippen molar-refractivity contribution < 1.29 is 14.3 Å². The van der Waals surface area contributed by atoms with E-state index in [4.69, 9.17) is 4.74 Å². The van der Waals surface area contributed by atoms with E-state index in [-0.39, 0.29) is 12.6 Å². The zero-order valence-corrected chi connectivity index (χ0v) is 6.66. The molecule has 0 bridgehead atoms. The summed E-state index contributed by atoms with van der Waals surface area (Å²) in [6, 6.07) is 1.70. The third-order valence-corrected chi connectivity index (χ3v) is 1.42. The second-order valence-electron chi connectivity index (χ2n) is 2.31. The standard InChI is InChI=1S/C8H9NO3/c1-6(11)12-5-7-2-3-9-8(7)4-10/h2-4,9H,5H2,1H3. The molecule has 4 heteroatoms. The lowest BCUT2D eigenvalue weighted by molar-refractivity contribution is -0.142. The Morgan fingerprint density at radius 1 is 1.75 bits per heavy atom. The van der Waals surface area contributed by atoms with Gasteiger partial charge in [-0.1, -0.05) is 0 Å². The van der Waals surface area contributed by atoms with Crippen LogP contribution in [0.5, 0.6) is 0 Å². The van der Waals surface area contributed by atoms with E-state index in [1.54, 1.807) is 12.3 Å². The molecule has 0 radical (unpaired) electrons. The third kappa shape index (κ3) is 1.95. The Balaban J connectivity index is 2.62. The van der Waals surface area contributed by atoms with E-state index < -0.39 is 0 Å². The molecule has 0 amide bonds. The van der Waals surface area contributed by atoms with Gasteiger partial charge in [0, 0.05) is 18.7 Å². The fourth-order valence-corrected chi connectivity index (χ4v) is 0.829. The van der Waals surface area contributed by atoms with Gasteiger partial charge in [0.2, 0.25) is 0 Å². The minimum absolute atomic E-state index is 0.146. The molecule has 1 heterocycles. The highest BCUT2D eigenvalue weighted by Crippen LogP contribution is 2.05. The molecule has 0 saturated heterocycles. The quantitative estimate of drug-likeness (QED) is 0.537. The lowest BCUT2D eigenvalue weighted by Gasteiger charge is -1.98. The van der Waals surface area contributed by atoms with Crippen LogP contribution in [0.3, 0.4) is 0 Å². The molecule has 0 aromatic carbocycles. The minimum atomic E-state index is -0.354. The summed E-state index contributed by atoms with van der Waals surface area (Å²) in [6.07, 6.45) is 2.32. The number of nitrogens with one attached hydrogen (secondary N) is 1. The largest absolute Gasteiger partial charge is 0.461 e. The monoisotopic (exact) mass is 167 g/mol. The van der Waals surface area contributed by atoms with Gasteiger partial charge in [0.1, 0.15) is 6.61 Å². The van der Waals surface area contributed by atoms with Crippen LogP contribution in [0.1, 0.15) is 23.0 Å². The van der Waals surface area contributed by atoms with E-state index in [2.05, 4.69) is 4.98 Å². The van der Waals surface area contributed by atoms with Gasteiger partial charge in [0.15, 0.2) is 6.29 Å². The van der Waals surface area contributed by atoms with Crippen molar-refractivity contribution in [2.75, 3.05) is 0 Å². The number of aromatic nitrogens is 1. The number of rotatable bonds is 3. The summed E-state index contributed by atoms with van der Waals surface area (Å²) in [5, 5.41) is 0. The molecule has 1 aromatic rings. The second-order valence-corrected chi connectivity index (χ2v) is 2.31. The van der Waals surface area contributed by atoms with E-state index in [0.717, 1.165) is 0 Å². The molecule has 1 N–H and O–H groups in total. The number of H-pyrrole nitrogens is 1. The van der Waals surface area contributed by atoms with Gasteiger partial charge in [-0.25, -0.2) is 0 Å². The molecule has 4 nitrogen and oxygen atoms in total. The van der Waals surface area contributed by atoms with Crippen LogP contribution >= 0.6 is 0 Å². The van der Waals surface area contributed by atoms with Crippen LogP contribution in [0, 0.1) is 0 Å². The Morgan fingerprint density at radius 2 is 2.50 bits per heavy atom. The van der Waals surface area contributed by atoms with Gasteiger partial charge < -0.3 is 9.72 Å². The van der Waals surface area contributed by atoms with Gasteiger partial charge in [-0.3, -0.25) is 9.59 Å². The van der Waals surface area contributed by atoms with Gasteiger partial charge in [-0.2, -0.15) is 0 Å². The topological polar surface area (TPSA) is 59.2 Å². The first-order valence-electron chi connectivity index (χ1n) is 3.49. The molecule has 1 rings (SSSR count). The zero-order valence-electron chi connectivity index (χ0n) is 6.66. The van der Waals surface area contributed by atoms with Crippen molar-refractivity contribution in [1.29, 1.82) is 0 Å². The molecule has 0 aliphatic carbocycles. The number of hydrogen-bond acceptors (Lipinski definition) is 3. The first-order chi connectivity index (χ1) is 5.74. The molecule has 12 heavy (non-hydrogen) atoms. The van der Waals surface area contributed by atoms with Crippen molar-refractivity contribution in [3.05, 3.63) is 23.5 Å². The molecular weight excluding hydrogens is 158 g/mol.